The van der Waals surface area contributed by atoms with Crippen molar-refractivity contribution in [2.75, 3.05) is 0 Å². The largest absolute Gasteiger partial charge is 0.386 e. The van der Waals surface area contributed by atoms with Crippen molar-refractivity contribution in [3.63, 3.8) is 0 Å². The first-order chi connectivity index (χ1) is 11.0. The standard InChI is InChI=1S/C16H11F3N2O2/c17-11-4-2-1-3-9(11)15(22)7-21-8-20-14-6-13(19)12(18)5-10(14)16(21)23/h1-6,8,15,22H,7H2. The van der Waals surface area contributed by atoms with E-state index in [2.05, 4.69) is 4.98 Å². The third-order valence-electron chi connectivity index (χ3n) is 3.50. The normalized spacial score (nSPS) is 12.5. The monoisotopic (exact) mass is 320 g/mol. The average Bonchev–Trinajstić information content (AvgIpc) is 2.52. The summed E-state index contributed by atoms with van der Waals surface area (Å²) in [4.78, 5) is 16.1. The van der Waals surface area contributed by atoms with Crippen molar-refractivity contribution in [3.05, 3.63) is 76.1 Å². The number of benzene rings is 2. The Kier molecular flexibility index (Phi) is 3.87. The zero-order valence-electron chi connectivity index (χ0n) is 11.7. The third kappa shape index (κ3) is 2.83. The molecule has 0 bridgehead atoms. The molecule has 1 heterocycles. The minimum absolute atomic E-state index is 0.00512. The van der Waals surface area contributed by atoms with Gasteiger partial charge in [-0.05, 0) is 12.1 Å². The van der Waals surface area contributed by atoms with Gasteiger partial charge in [-0.3, -0.25) is 9.36 Å². The molecule has 0 amide bonds. The number of fused-ring (bicyclic) bond motifs is 1. The molecule has 0 spiro atoms. The van der Waals surface area contributed by atoms with Gasteiger partial charge >= 0.3 is 0 Å². The maximum Gasteiger partial charge on any atom is 0.261 e. The van der Waals surface area contributed by atoms with Gasteiger partial charge in [0, 0.05) is 11.6 Å². The van der Waals surface area contributed by atoms with Crippen LogP contribution < -0.4 is 5.56 Å². The first kappa shape index (κ1) is 15.2. The Morgan fingerprint density at radius 3 is 2.52 bits per heavy atom. The van der Waals surface area contributed by atoms with Crippen molar-refractivity contribution in [3.8, 4) is 0 Å². The van der Waals surface area contributed by atoms with E-state index in [0.29, 0.717) is 0 Å². The lowest BCUT2D eigenvalue weighted by Gasteiger charge is -2.14. The van der Waals surface area contributed by atoms with Crippen LogP contribution in [0, 0.1) is 17.5 Å². The topological polar surface area (TPSA) is 55.1 Å². The summed E-state index contributed by atoms with van der Waals surface area (Å²) in [5.41, 5.74) is -0.611. The molecule has 4 nitrogen and oxygen atoms in total. The van der Waals surface area contributed by atoms with Gasteiger partial charge in [0.25, 0.3) is 5.56 Å². The fraction of sp³-hybridized carbons (Fsp3) is 0.125. The number of hydrogen-bond acceptors (Lipinski definition) is 3. The van der Waals surface area contributed by atoms with Crippen LogP contribution in [0.5, 0.6) is 0 Å². The fourth-order valence-corrected chi connectivity index (χ4v) is 2.31. The van der Waals surface area contributed by atoms with E-state index in [1.165, 1.54) is 18.2 Å². The molecule has 1 atom stereocenters. The van der Waals surface area contributed by atoms with Crippen molar-refractivity contribution in [2.24, 2.45) is 0 Å². The quantitative estimate of drug-likeness (QED) is 0.807. The highest BCUT2D eigenvalue weighted by Crippen LogP contribution is 2.18. The first-order valence-electron chi connectivity index (χ1n) is 6.74. The highest BCUT2D eigenvalue weighted by Gasteiger charge is 2.15. The van der Waals surface area contributed by atoms with Crippen LogP contribution >= 0.6 is 0 Å². The molecule has 7 heteroatoms. The molecule has 3 rings (SSSR count). The van der Waals surface area contributed by atoms with Gasteiger partial charge in [-0.25, -0.2) is 18.2 Å². The Labute approximate surface area is 128 Å². The Bertz CT molecular complexity index is 940. The molecule has 1 unspecified atom stereocenters. The number of rotatable bonds is 3. The van der Waals surface area contributed by atoms with Crippen LogP contribution in [0.15, 0.2) is 47.5 Å². The summed E-state index contributed by atoms with van der Waals surface area (Å²) in [6.45, 7) is -0.262. The van der Waals surface area contributed by atoms with Crippen LogP contribution in [-0.4, -0.2) is 14.7 Å². The number of hydrogen-bond donors (Lipinski definition) is 1. The minimum atomic E-state index is -1.28. The van der Waals surface area contributed by atoms with Crippen molar-refractivity contribution in [1.82, 2.24) is 9.55 Å². The predicted molar refractivity (Wildman–Crippen MR) is 77.3 cm³/mol. The molecule has 23 heavy (non-hydrogen) atoms. The molecule has 0 saturated carbocycles. The van der Waals surface area contributed by atoms with Gasteiger partial charge in [0.2, 0.25) is 0 Å². The van der Waals surface area contributed by atoms with Crippen LogP contribution in [0.2, 0.25) is 0 Å². The predicted octanol–water partition coefficient (Wildman–Crippen LogP) is 2.55. The molecular formula is C16H11F3N2O2. The second-order valence-corrected chi connectivity index (χ2v) is 5.02. The van der Waals surface area contributed by atoms with Crippen molar-refractivity contribution < 1.29 is 18.3 Å². The second-order valence-electron chi connectivity index (χ2n) is 5.02. The van der Waals surface area contributed by atoms with E-state index in [4.69, 9.17) is 0 Å². The second kappa shape index (κ2) is 5.85. The molecule has 0 saturated heterocycles. The van der Waals surface area contributed by atoms with Crippen LogP contribution in [0.1, 0.15) is 11.7 Å². The molecule has 118 valence electrons. The SMILES string of the molecule is O=c1c2cc(F)c(F)cc2ncn1CC(O)c1ccccc1F. The van der Waals surface area contributed by atoms with Gasteiger partial charge in [0.15, 0.2) is 11.6 Å². The minimum Gasteiger partial charge on any atom is -0.386 e. The molecule has 0 fully saturated rings. The summed E-state index contributed by atoms with van der Waals surface area (Å²) in [6, 6.07) is 7.20. The summed E-state index contributed by atoms with van der Waals surface area (Å²) >= 11 is 0. The molecule has 3 aromatic rings. The summed E-state index contributed by atoms with van der Waals surface area (Å²) in [6.07, 6.45) is -0.176. The van der Waals surface area contributed by atoms with Gasteiger partial charge < -0.3 is 5.11 Å². The van der Waals surface area contributed by atoms with Crippen molar-refractivity contribution in [2.45, 2.75) is 12.6 Å². The van der Waals surface area contributed by atoms with Gasteiger partial charge in [0.05, 0.1) is 29.9 Å². The molecule has 1 aromatic heterocycles. The first-order valence-corrected chi connectivity index (χ1v) is 6.74. The lowest BCUT2D eigenvalue weighted by atomic mass is 10.1. The molecule has 1 N–H and O–H groups in total. The molecule has 0 radical (unpaired) electrons. The Morgan fingerprint density at radius 1 is 1.09 bits per heavy atom. The number of halogens is 3. The van der Waals surface area contributed by atoms with Crippen LogP contribution in [0.4, 0.5) is 13.2 Å². The molecule has 0 aliphatic heterocycles. The zero-order chi connectivity index (χ0) is 16.6. The van der Waals surface area contributed by atoms with Gasteiger partial charge in [0.1, 0.15) is 5.82 Å². The van der Waals surface area contributed by atoms with Gasteiger partial charge in [-0.1, -0.05) is 18.2 Å². The van der Waals surface area contributed by atoms with E-state index < -0.39 is 29.1 Å². The Morgan fingerprint density at radius 2 is 1.78 bits per heavy atom. The number of nitrogens with zero attached hydrogens (tertiary/aromatic N) is 2. The summed E-state index contributed by atoms with van der Waals surface area (Å²) in [7, 11) is 0. The lowest BCUT2D eigenvalue weighted by molar-refractivity contribution is 0.150. The number of aromatic nitrogens is 2. The van der Waals surface area contributed by atoms with E-state index in [1.807, 2.05) is 0 Å². The number of aliphatic hydroxyl groups excluding tert-OH is 1. The van der Waals surface area contributed by atoms with Crippen LogP contribution in [0.25, 0.3) is 10.9 Å². The summed E-state index contributed by atoms with van der Waals surface area (Å²) in [5.74, 6) is -2.87. The van der Waals surface area contributed by atoms with E-state index >= 15 is 0 Å². The average molecular weight is 320 g/mol. The maximum absolute atomic E-state index is 13.6. The smallest absolute Gasteiger partial charge is 0.261 e. The lowest BCUT2D eigenvalue weighted by Crippen LogP contribution is -2.24. The zero-order valence-corrected chi connectivity index (χ0v) is 11.7. The Hall–Kier alpha value is -2.67. The maximum atomic E-state index is 13.6. The van der Waals surface area contributed by atoms with Gasteiger partial charge in [-0.2, -0.15) is 0 Å². The van der Waals surface area contributed by atoms with E-state index in [0.717, 1.165) is 23.0 Å². The molecular weight excluding hydrogens is 309 g/mol. The van der Waals surface area contributed by atoms with Crippen molar-refractivity contribution >= 4 is 10.9 Å². The van der Waals surface area contributed by atoms with Crippen LogP contribution in [0.3, 0.4) is 0 Å². The molecule has 0 aliphatic carbocycles. The summed E-state index contributed by atoms with van der Waals surface area (Å²) < 4.78 is 41.1. The van der Waals surface area contributed by atoms with Gasteiger partial charge in [-0.15, -0.1) is 0 Å². The highest BCUT2D eigenvalue weighted by atomic mass is 19.2. The van der Waals surface area contributed by atoms with Crippen LogP contribution in [-0.2, 0) is 6.54 Å². The molecule has 0 aliphatic rings. The van der Waals surface area contributed by atoms with E-state index in [1.54, 1.807) is 6.07 Å². The van der Waals surface area contributed by atoms with Crippen molar-refractivity contribution in [1.29, 1.82) is 0 Å². The van der Waals surface area contributed by atoms with E-state index in [9.17, 15) is 23.1 Å². The highest BCUT2D eigenvalue weighted by molar-refractivity contribution is 5.77. The molecule has 2 aromatic carbocycles. The third-order valence-corrected chi connectivity index (χ3v) is 3.50. The summed E-state index contributed by atoms with van der Waals surface area (Å²) in [5, 5.41) is 9.97. The fourth-order valence-electron chi connectivity index (χ4n) is 2.31. The van der Waals surface area contributed by atoms with E-state index in [-0.39, 0.29) is 23.0 Å². The Balaban J connectivity index is 2.01. The number of aliphatic hydroxyl groups is 1.